The summed E-state index contributed by atoms with van der Waals surface area (Å²) in [5.41, 5.74) is 6.27. The number of aromatic nitrogens is 3. The molecule has 0 saturated heterocycles. The van der Waals surface area contributed by atoms with Gasteiger partial charge in [-0.1, -0.05) is 66.7 Å². The summed E-state index contributed by atoms with van der Waals surface area (Å²) in [6.07, 6.45) is 1.86. The Balaban J connectivity index is 1.44. The molecule has 5 rings (SSSR count). The van der Waals surface area contributed by atoms with E-state index in [0.29, 0.717) is 12.2 Å². The number of carbonyl (C=O) groups excluding carboxylic acids is 1. The second-order valence-electron chi connectivity index (χ2n) is 10.9. The number of alkyl carbamates (subject to hydrolysis) is 1. The highest BCUT2D eigenvalue weighted by Crippen LogP contribution is 2.35. The maximum atomic E-state index is 12.6. The van der Waals surface area contributed by atoms with E-state index in [4.69, 9.17) is 14.5 Å². The number of hydrogen-bond acceptors (Lipinski definition) is 5. The van der Waals surface area contributed by atoms with Crippen LogP contribution in [0.15, 0.2) is 91.1 Å². The molecule has 5 aromatic rings. The van der Waals surface area contributed by atoms with Crippen molar-refractivity contribution in [2.45, 2.75) is 45.8 Å². The predicted molar refractivity (Wildman–Crippen MR) is 158 cm³/mol. The lowest BCUT2D eigenvalue weighted by atomic mass is 9.98. The van der Waals surface area contributed by atoms with E-state index in [9.17, 15) is 4.79 Å². The van der Waals surface area contributed by atoms with Crippen molar-refractivity contribution in [3.8, 4) is 28.1 Å². The Morgan fingerprint density at radius 1 is 0.950 bits per heavy atom. The molecule has 40 heavy (non-hydrogen) atoms. The van der Waals surface area contributed by atoms with E-state index in [1.54, 1.807) is 6.20 Å². The summed E-state index contributed by atoms with van der Waals surface area (Å²) < 4.78 is 11.8. The van der Waals surface area contributed by atoms with Crippen LogP contribution in [0.2, 0.25) is 0 Å². The molecule has 3 aromatic carbocycles. The van der Waals surface area contributed by atoms with Crippen LogP contribution in [-0.4, -0.2) is 39.5 Å². The van der Waals surface area contributed by atoms with Crippen LogP contribution < -0.4 is 10.1 Å². The molecule has 1 amide bonds. The molecule has 2 aromatic heterocycles. The Hall–Kier alpha value is -4.65. The van der Waals surface area contributed by atoms with Gasteiger partial charge >= 0.3 is 6.09 Å². The topological polar surface area (TPSA) is 89.1 Å². The zero-order chi connectivity index (χ0) is 28.1. The second-order valence-corrected chi connectivity index (χ2v) is 10.9. The molecule has 0 unspecified atom stereocenters. The van der Waals surface area contributed by atoms with Crippen LogP contribution in [0.5, 0.6) is 5.75 Å². The van der Waals surface area contributed by atoms with E-state index in [0.717, 1.165) is 44.5 Å². The van der Waals surface area contributed by atoms with Crippen LogP contribution in [0.1, 0.15) is 32.0 Å². The summed E-state index contributed by atoms with van der Waals surface area (Å²) in [6.45, 7) is 7.80. The molecule has 7 nitrogen and oxygen atoms in total. The molecular formula is C33H34N4O3. The minimum atomic E-state index is -0.594. The van der Waals surface area contributed by atoms with Gasteiger partial charge in [-0.3, -0.25) is 10.1 Å². The zero-order valence-corrected chi connectivity index (χ0v) is 23.3. The zero-order valence-electron chi connectivity index (χ0n) is 23.3. The Kier molecular flexibility index (Phi) is 7.82. The summed E-state index contributed by atoms with van der Waals surface area (Å²) in [4.78, 5) is 17.4. The molecule has 1 atom stereocenters. The molecule has 0 radical (unpaired) electrons. The van der Waals surface area contributed by atoms with Gasteiger partial charge in [-0.15, -0.1) is 0 Å². The molecule has 2 N–H and O–H groups in total. The summed E-state index contributed by atoms with van der Waals surface area (Å²) >= 11 is 0. The molecule has 204 valence electrons. The van der Waals surface area contributed by atoms with Crippen molar-refractivity contribution in [1.29, 1.82) is 0 Å². The summed E-state index contributed by atoms with van der Waals surface area (Å²) in [5.74, 6) is 0.614. The minimum Gasteiger partial charge on any atom is -0.490 e. The van der Waals surface area contributed by atoms with Crippen LogP contribution >= 0.6 is 0 Å². The smallest absolute Gasteiger partial charge is 0.408 e. The van der Waals surface area contributed by atoms with E-state index in [2.05, 4.69) is 39.8 Å². The first-order chi connectivity index (χ1) is 19.2. The van der Waals surface area contributed by atoms with Crippen LogP contribution in [0, 0.1) is 6.92 Å². The Morgan fingerprint density at radius 2 is 1.68 bits per heavy atom. The third-order valence-electron chi connectivity index (χ3n) is 6.46. The highest BCUT2D eigenvalue weighted by atomic mass is 16.6. The Labute approximate surface area is 234 Å². The number of nitrogens with zero attached hydrogens (tertiary/aromatic N) is 2. The van der Waals surface area contributed by atoms with Gasteiger partial charge in [-0.25, -0.2) is 4.79 Å². The fourth-order valence-corrected chi connectivity index (χ4v) is 4.60. The standard InChI is InChI=1S/C33H34N4O3/c1-22-28-18-25(15-16-30(28)37-36-22)29-19-27(20-34-31(29)24-13-9-6-10-14-24)39-21-26(17-23-11-7-5-8-12-23)35-32(38)40-33(2,3)4/h5-16,18-20,26H,17,21H2,1-4H3,(H,35,38)(H,36,37)/t26-/m0/s1. The van der Waals surface area contributed by atoms with E-state index < -0.39 is 11.7 Å². The minimum absolute atomic E-state index is 0.250. The predicted octanol–water partition coefficient (Wildman–Crippen LogP) is 7.12. The van der Waals surface area contributed by atoms with E-state index in [-0.39, 0.29) is 12.6 Å². The van der Waals surface area contributed by atoms with Gasteiger partial charge in [-0.2, -0.15) is 5.10 Å². The van der Waals surface area contributed by atoms with E-state index in [1.165, 1.54) is 0 Å². The summed E-state index contributed by atoms with van der Waals surface area (Å²) in [5, 5.41) is 11.5. The molecule has 2 heterocycles. The van der Waals surface area contributed by atoms with Crippen LogP contribution in [0.3, 0.4) is 0 Å². The van der Waals surface area contributed by atoms with Crippen molar-refractivity contribution in [3.05, 3.63) is 102 Å². The number of rotatable bonds is 8. The third kappa shape index (κ3) is 6.67. The van der Waals surface area contributed by atoms with E-state index in [1.807, 2.05) is 88.4 Å². The fraction of sp³-hybridized carbons (Fsp3) is 0.242. The molecule has 0 spiro atoms. The largest absolute Gasteiger partial charge is 0.490 e. The maximum Gasteiger partial charge on any atom is 0.408 e. The van der Waals surface area contributed by atoms with E-state index >= 15 is 0 Å². The number of benzene rings is 3. The number of H-pyrrole nitrogens is 1. The van der Waals surface area contributed by atoms with Crippen molar-refractivity contribution in [1.82, 2.24) is 20.5 Å². The number of pyridine rings is 1. The number of hydrogen-bond donors (Lipinski definition) is 2. The van der Waals surface area contributed by atoms with Crippen LogP contribution in [-0.2, 0) is 11.2 Å². The first-order valence-electron chi connectivity index (χ1n) is 13.4. The molecule has 0 aliphatic rings. The number of ether oxygens (including phenoxy) is 2. The SMILES string of the molecule is Cc1[nH]nc2ccc(-c3cc(OC[C@H](Cc4ccccc4)NC(=O)OC(C)(C)C)cnc3-c3ccccc3)cc12. The molecule has 0 aliphatic heterocycles. The Bertz CT molecular complexity index is 1590. The molecule has 0 aliphatic carbocycles. The van der Waals surface area contributed by atoms with Gasteiger partial charge in [0.1, 0.15) is 18.0 Å². The van der Waals surface area contributed by atoms with Crippen LogP contribution in [0.4, 0.5) is 4.79 Å². The fourth-order valence-electron chi connectivity index (χ4n) is 4.60. The Morgan fingerprint density at radius 3 is 2.40 bits per heavy atom. The van der Waals surface area contributed by atoms with Gasteiger partial charge in [-0.05, 0) is 63.4 Å². The lowest BCUT2D eigenvalue weighted by molar-refractivity contribution is 0.0487. The van der Waals surface area contributed by atoms with Gasteiger partial charge < -0.3 is 14.8 Å². The van der Waals surface area contributed by atoms with Crippen molar-refractivity contribution >= 4 is 17.0 Å². The molecule has 7 heteroatoms. The normalized spacial score (nSPS) is 12.2. The average molecular weight is 535 g/mol. The number of fused-ring (bicyclic) bond motifs is 1. The number of aryl methyl sites for hydroxylation is 1. The number of nitrogens with one attached hydrogen (secondary N) is 2. The van der Waals surface area contributed by atoms with Crippen molar-refractivity contribution < 1.29 is 14.3 Å². The maximum absolute atomic E-state index is 12.6. The molecule has 0 saturated carbocycles. The first kappa shape index (κ1) is 26.9. The van der Waals surface area contributed by atoms with Crippen molar-refractivity contribution in [2.24, 2.45) is 0 Å². The third-order valence-corrected chi connectivity index (χ3v) is 6.46. The monoisotopic (exact) mass is 534 g/mol. The molecular weight excluding hydrogens is 500 g/mol. The molecule has 0 bridgehead atoms. The first-order valence-corrected chi connectivity index (χ1v) is 13.4. The van der Waals surface area contributed by atoms with Crippen molar-refractivity contribution in [3.63, 3.8) is 0 Å². The molecule has 0 fully saturated rings. The number of aromatic amines is 1. The van der Waals surface area contributed by atoms with Crippen molar-refractivity contribution in [2.75, 3.05) is 6.61 Å². The summed E-state index contributed by atoms with van der Waals surface area (Å²) in [6, 6.07) is 28.0. The van der Waals surface area contributed by atoms with Crippen LogP contribution in [0.25, 0.3) is 33.3 Å². The highest BCUT2D eigenvalue weighted by molar-refractivity contribution is 5.90. The lowest BCUT2D eigenvalue weighted by Crippen LogP contribution is -2.43. The number of carbonyl (C=O) groups is 1. The second kappa shape index (κ2) is 11.6. The average Bonchev–Trinajstić information content (AvgIpc) is 3.31. The highest BCUT2D eigenvalue weighted by Gasteiger charge is 2.21. The van der Waals surface area contributed by atoms with Gasteiger partial charge in [0.2, 0.25) is 0 Å². The van der Waals surface area contributed by atoms with Gasteiger partial charge in [0.15, 0.2) is 0 Å². The van der Waals surface area contributed by atoms with Gasteiger partial charge in [0.25, 0.3) is 0 Å². The van der Waals surface area contributed by atoms with Gasteiger partial charge in [0.05, 0.1) is 23.4 Å². The lowest BCUT2D eigenvalue weighted by Gasteiger charge is -2.24. The number of amides is 1. The summed E-state index contributed by atoms with van der Waals surface area (Å²) in [7, 11) is 0. The quantitative estimate of drug-likeness (QED) is 0.221. The van der Waals surface area contributed by atoms with Gasteiger partial charge in [0, 0.05) is 22.2 Å².